The maximum absolute atomic E-state index is 12.3. The molecule has 0 aliphatic carbocycles. The molecule has 1 N–H and O–H groups in total. The summed E-state index contributed by atoms with van der Waals surface area (Å²) >= 11 is 0. The fourth-order valence-corrected chi connectivity index (χ4v) is 2.41. The Morgan fingerprint density at radius 2 is 1.95 bits per heavy atom. The second kappa shape index (κ2) is 5.36. The van der Waals surface area contributed by atoms with Gasteiger partial charge in [-0.2, -0.15) is 0 Å². The van der Waals surface area contributed by atoms with E-state index in [1.54, 1.807) is 42.4 Å². The van der Waals surface area contributed by atoms with Crippen molar-refractivity contribution in [2.45, 2.75) is 19.5 Å². The minimum atomic E-state index is -0.530. The summed E-state index contributed by atoms with van der Waals surface area (Å²) < 4.78 is 0. The Kier molecular flexibility index (Phi) is 3.39. The molecule has 2 heterocycles. The molecule has 1 aromatic heterocycles. The monoisotopic (exact) mass is 281 g/mol. The first-order valence-electron chi connectivity index (χ1n) is 6.76. The summed E-state index contributed by atoms with van der Waals surface area (Å²) in [5.74, 6) is -0.301. The molecule has 0 saturated carbocycles. The fraction of sp³-hybridized carbons (Fsp3) is 0.188. The van der Waals surface area contributed by atoms with E-state index in [2.05, 4.69) is 10.3 Å². The topological polar surface area (TPSA) is 62.3 Å². The number of benzene rings is 1. The van der Waals surface area contributed by atoms with Gasteiger partial charge in [0.25, 0.3) is 5.91 Å². The molecule has 0 radical (unpaired) electrons. The van der Waals surface area contributed by atoms with Crippen LogP contribution < -0.4 is 5.32 Å². The number of nitrogens with one attached hydrogen (secondary N) is 1. The Hall–Kier alpha value is -2.69. The van der Waals surface area contributed by atoms with E-state index in [-0.39, 0.29) is 11.8 Å². The van der Waals surface area contributed by atoms with Crippen LogP contribution in [0.2, 0.25) is 0 Å². The average Bonchev–Trinajstić information content (AvgIpc) is 2.85. The number of carbonyl (C=O) groups excluding carboxylic acids is 2. The highest BCUT2D eigenvalue weighted by Crippen LogP contribution is 2.24. The first-order valence-corrected chi connectivity index (χ1v) is 6.76. The Morgan fingerprint density at radius 1 is 1.24 bits per heavy atom. The number of rotatable bonds is 3. The number of anilines is 1. The van der Waals surface area contributed by atoms with Crippen molar-refractivity contribution >= 4 is 17.5 Å². The third-order valence-corrected chi connectivity index (χ3v) is 3.64. The number of aromatic nitrogens is 1. The van der Waals surface area contributed by atoms with Crippen LogP contribution in [0.4, 0.5) is 5.69 Å². The third kappa shape index (κ3) is 2.50. The van der Waals surface area contributed by atoms with Crippen molar-refractivity contribution in [3.63, 3.8) is 0 Å². The number of hydrogen-bond donors (Lipinski definition) is 1. The van der Waals surface area contributed by atoms with Crippen LogP contribution in [0.3, 0.4) is 0 Å². The molecule has 2 amide bonds. The van der Waals surface area contributed by atoms with Crippen molar-refractivity contribution in [2.75, 3.05) is 5.32 Å². The van der Waals surface area contributed by atoms with Crippen LogP contribution >= 0.6 is 0 Å². The smallest absolute Gasteiger partial charge is 0.255 e. The second-order valence-corrected chi connectivity index (χ2v) is 4.99. The van der Waals surface area contributed by atoms with Crippen LogP contribution in [0.1, 0.15) is 22.8 Å². The van der Waals surface area contributed by atoms with Gasteiger partial charge in [0.15, 0.2) is 0 Å². The summed E-state index contributed by atoms with van der Waals surface area (Å²) in [6.45, 7) is 2.21. The van der Waals surface area contributed by atoms with Gasteiger partial charge in [0.2, 0.25) is 5.91 Å². The molecule has 0 fully saturated rings. The Balaban J connectivity index is 1.73. The normalized spacial score (nSPS) is 14.7. The zero-order valence-electron chi connectivity index (χ0n) is 11.6. The predicted molar refractivity (Wildman–Crippen MR) is 78.6 cm³/mol. The van der Waals surface area contributed by atoms with E-state index in [9.17, 15) is 9.59 Å². The van der Waals surface area contributed by atoms with Crippen molar-refractivity contribution < 1.29 is 9.59 Å². The summed E-state index contributed by atoms with van der Waals surface area (Å²) in [4.78, 5) is 30.1. The first kappa shape index (κ1) is 13.3. The maximum atomic E-state index is 12.3. The molecule has 1 aliphatic rings. The highest BCUT2D eigenvalue weighted by Gasteiger charge is 2.33. The van der Waals surface area contributed by atoms with E-state index in [1.807, 2.05) is 18.2 Å². The van der Waals surface area contributed by atoms with Gasteiger partial charge in [0.1, 0.15) is 6.04 Å². The molecule has 5 nitrogen and oxygen atoms in total. The zero-order valence-corrected chi connectivity index (χ0v) is 11.6. The SMILES string of the molecule is C[C@@H](C(=O)Nc1ccncc1)N1Cc2ccccc2C1=O. The van der Waals surface area contributed by atoms with E-state index >= 15 is 0 Å². The Bertz CT molecular complexity index is 685. The average molecular weight is 281 g/mol. The highest BCUT2D eigenvalue weighted by atomic mass is 16.2. The summed E-state index contributed by atoms with van der Waals surface area (Å²) in [6.07, 6.45) is 3.22. The molecular weight excluding hydrogens is 266 g/mol. The molecule has 1 aromatic carbocycles. The molecular formula is C16H15N3O2. The predicted octanol–water partition coefficient (Wildman–Crippen LogP) is 2.06. The van der Waals surface area contributed by atoms with E-state index in [4.69, 9.17) is 0 Å². The van der Waals surface area contributed by atoms with Crippen LogP contribution in [-0.4, -0.2) is 27.7 Å². The van der Waals surface area contributed by atoms with Gasteiger partial charge in [-0.25, -0.2) is 0 Å². The minimum absolute atomic E-state index is 0.0945. The molecule has 5 heteroatoms. The number of pyridine rings is 1. The summed E-state index contributed by atoms with van der Waals surface area (Å²) in [5.41, 5.74) is 2.32. The Labute approximate surface area is 122 Å². The molecule has 2 aromatic rings. The lowest BCUT2D eigenvalue weighted by Crippen LogP contribution is -2.42. The first-order chi connectivity index (χ1) is 10.2. The van der Waals surface area contributed by atoms with Gasteiger partial charge in [0.05, 0.1) is 0 Å². The van der Waals surface area contributed by atoms with E-state index in [0.717, 1.165) is 5.56 Å². The quantitative estimate of drug-likeness (QED) is 0.936. The highest BCUT2D eigenvalue weighted by molar-refractivity contribution is 6.03. The number of fused-ring (bicyclic) bond motifs is 1. The van der Waals surface area contributed by atoms with E-state index < -0.39 is 6.04 Å². The van der Waals surface area contributed by atoms with Crippen molar-refractivity contribution in [3.05, 3.63) is 59.9 Å². The van der Waals surface area contributed by atoms with Gasteiger partial charge in [-0.15, -0.1) is 0 Å². The second-order valence-electron chi connectivity index (χ2n) is 4.99. The maximum Gasteiger partial charge on any atom is 0.255 e. The van der Waals surface area contributed by atoms with Gasteiger partial charge in [0, 0.05) is 30.2 Å². The van der Waals surface area contributed by atoms with E-state index in [1.165, 1.54) is 0 Å². The van der Waals surface area contributed by atoms with Crippen LogP contribution in [0.15, 0.2) is 48.8 Å². The summed E-state index contributed by atoms with van der Waals surface area (Å²) in [7, 11) is 0. The molecule has 106 valence electrons. The molecule has 0 spiro atoms. The molecule has 1 aliphatic heterocycles. The van der Waals surface area contributed by atoms with Crippen molar-refractivity contribution in [1.82, 2.24) is 9.88 Å². The number of amides is 2. The van der Waals surface area contributed by atoms with Crippen LogP contribution in [0.5, 0.6) is 0 Å². The molecule has 21 heavy (non-hydrogen) atoms. The Morgan fingerprint density at radius 3 is 2.67 bits per heavy atom. The fourth-order valence-electron chi connectivity index (χ4n) is 2.41. The van der Waals surface area contributed by atoms with E-state index in [0.29, 0.717) is 17.8 Å². The standard InChI is InChI=1S/C16H15N3O2/c1-11(15(20)18-13-6-8-17-9-7-13)19-10-12-4-2-3-5-14(12)16(19)21/h2-9,11H,10H2,1H3,(H,17,18,20)/t11-/m0/s1. The summed E-state index contributed by atoms with van der Waals surface area (Å²) in [6, 6.07) is 10.3. The molecule has 1 atom stereocenters. The van der Waals surface area contributed by atoms with Crippen LogP contribution in [0, 0.1) is 0 Å². The van der Waals surface area contributed by atoms with Crippen molar-refractivity contribution in [2.24, 2.45) is 0 Å². The number of carbonyl (C=O) groups is 2. The molecule has 3 rings (SSSR count). The zero-order chi connectivity index (χ0) is 14.8. The number of nitrogens with zero attached hydrogens (tertiary/aromatic N) is 2. The molecule has 0 unspecified atom stereocenters. The van der Waals surface area contributed by atoms with Gasteiger partial charge >= 0.3 is 0 Å². The number of hydrogen-bond acceptors (Lipinski definition) is 3. The minimum Gasteiger partial charge on any atom is -0.324 e. The third-order valence-electron chi connectivity index (χ3n) is 3.64. The largest absolute Gasteiger partial charge is 0.324 e. The van der Waals surface area contributed by atoms with Gasteiger partial charge in [-0.1, -0.05) is 18.2 Å². The van der Waals surface area contributed by atoms with Crippen molar-refractivity contribution in [3.8, 4) is 0 Å². The molecule has 0 bridgehead atoms. The van der Waals surface area contributed by atoms with Crippen molar-refractivity contribution in [1.29, 1.82) is 0 Å². The lowest BCUT2D eigenvalue weighted by Gasteiger charge is -2.23. The van der Waals surface area contributed by atoms with Gasteiger partial charge < -0.3 is 10.2 Å². The van der Waals surface area contributed by atoms with Crippen LogP contribution in [-0.2, 0) is 11.3 Å². The lowest BCUT2D eigenvalue weighted by molar-refractivity contribution is -0.120. The summed E-state index contributed by atoms with van der Waals surface area (Å²) in [5, 5.41) is 2.79. The van der Waals surface area contributed by atoms with Gasteiger partial charge in [-0.3, -0.25) is 14.6 Å². The molecule has 0 saturated heterocycles. The lowest BCUT2D eigenvalue weighted by atomic mass is 10.1. The van der Waals surface area contributed by atoms with Gasteiger partial charge in [-0.05, 0) is 30.7 Å². The van der Waals surface area contributed by atoms with Crippen LogP contribution in [0.25, 0.3) is 0 Å².